The number of benzene rings is 2. The Hall–Kier alpha value is -3.85. The summed E-state index contributed by atoms with van der Waals surface area (Å²) in [6, 6.07) is 10.4. The van der Waals surface area contributed by atoms with Gasteiger partial charge < -0.3 is 20.1 Å². The van der Waals surface area contributed by atoms with Gasteiger partial charge in [-0.2, -0.15) is 0 Å². The number of rotatable bonds is 10. The van der Waals surface area contributed by atoms with Crippen molar-refractivity contribution in [1.82, 2.24) is 10.3 Å². The van der Waals surface area contributed by atoms with Crippen LogP contribution in [-0.2, 0) is 16.1 Å². The number of amides is 2. The van der Waals surface area contributed by atoms with E-state index in [4.69, 9.17) is 20.7 Å². The van der Waals surface area contributed by atoms with E-state index in [0.29, 0.717) is 29.9 Å². The summed E-state index contributed by atoms with van der Waals surface area (Å²) in [4.78, 5) is 23.6. The van der Waals surface area contributed by atoms with Crippen molar-refractivity contribution >= 4 is 23.7 Å². The predicted molar refractivity (Wildman–Crippen MR) is 128 cm³/mol. The minimum atomic E-state index is -0.437. The molecule has 2 aromatic rings. The van der Waals surface area contributed by atoms with Gasteiger partial charge in [0.2, 0.25) is 0 Å². The van der Waals surface area contributed by atoms with Crippen LogP contribution in [0.4, 0.5) is 10.5 Å². The molecular weight excluding hydrogens is 422 g/mol. The number of allylic oxidation sites excluding steroid dienone is 1. The summed E-state index contributed by atoms with van der Waals surface area (Å²) in [6.45, 7) is 6.20. The van der Waals surface area contributed by atoms with Crippen molar-refractivity contribution in [3.8, 4) is 5.75 Å². The highest BCUT2D eigenvalue weighted by Gasteiger charge is 2.16. The molecule has 0 radical (unpaired) electrons. The normalized spacial score (nSPS) is 11.2. The lowest BCUT2D eigenvalue weighted by Crippen LogP contribution is -2.37. The number of hydrazine groups is 1. The zero-order valence-corrected chi connectivity index (χ0v) is 19.6. The third-order valence-corrected chi connectivity index (χ3v) is 4.96. The van der Waals surface area contributed by atoms with Crippen molar-refractivity contribution < 1.29 is 19.1 Å². The third-order valence-electron chi connectivity index (χ3n) is 4.96. The Bertz CT molecular complexity index is 1060. The minimum absolute atomic E-state index is 0.0484. The SMILES string of the molecule is CCO/C(NC)=C(\C=O)C(=N)c1ccc(OCc2c(C)cccc2NC(=O)N(C)N)c(C)c1. The van der Waals surface area contributed by atoms with E-state index in [9.17, 15) is 9.59 Å². The number of hydrogen-bond donors (Lipinski definition) is 4. The van der Waals surface area contributed by atoms with Gasteiger partial charge >= 0.3 is 6.03 Å². The van der Waals surface area contributed by atoms with E-state index in [-0.39, 0.29) is 23.8 Å². The van der Waals surface area contributed by atoms with Gasteiger partial charge in [-0.3, -0.25) is 15.2 Å². The number of nitrogens with zero attached hydrogens (tertiary/aromatic N) is 1. The average Bonchev–Trinajstić information content (AvgIpc) is 2.79. The second-order valence-corrected chi connectivity index (χ2v) is 7.33. The Labute approximate surface area is 194 Å². The first-order valence-corrected chi connectivity index (χ1v) is 10.4. The van der Waals surface area contributed by atoms with Gasteiger partial charge in [-0.25, -0.2) is 10.6 Å². The predicted octanol–water partition coefficient (Wildman–Crippen LogP) is 3.25. The van der Waals surface area contributed by atoms with Crippen LogP contribution in [0.25, 0.3) is 0 Å². The first kappa shape index (κ1) is 25.4. The van der Waals surface area contributed by atoms with Crippen molar-refractivity contribution in [2.24, 2.45) is 5.84 Å². The summed E-state index contributed by atoms with van der Waals surface area (Å²) in [6.07, 6.45) is 0.607. The Morgan fingerprint density at radius 3 is 2.52 bits per heavy atom. The lowest BCUT2D eigenvalue weighted by molar-refractivity contribution is -0.104. The fraction of sp³-hybridized carbons (Fsp3) is 0.292. The Morgan fingerprint density at radius 2 is 1.94 bits per heavy atom. The average molecular weight is 454 g/mol. The molecule has 33 heavy (non-hydrogen) atoms. The molecular formula is C24H31N5O4. The van der Waals surface area contributed by atoms with Crippen LogP contribution in [0.2, 0.25) is 0 Å². The fourth-order valence-corrected chi connectivity index (χ4v) is 3.14. The number of nitrogens with one attached hydrogen (secondary N) is 3. The smallest absolute Gasteiger partial charge is 0.335 e. The zero-order chi connectivity index (χ0) is 24.5. The second-order valence-electron chi connectivity index (χ2n) is 7.33. The van der Waals surface area contributed by atoms with Gasteiger partial charge in [-0.05, 0) is 56.2 Å². The molecule has 0 spiro atoms. The maximum Gasteiger partial charge on any atom is 0.335 e. The molecule has 0 saturated heterocycles. The molecule has 0 aromatic heterocycles. The highest BCUT2D eigenvalue weighted by atomic mass is 16.5. The maximum absolute atomic E-state index is 12.0. The standard InChI is InChI=1S/C24H31N5O4/c1-6-32-23(27-4)18(13-30)22(25)17-10-11-21(16(3)12-17)33-14-19-15(2)8-7-9-20(19)28-24(31)29(5)26/h7-13,25,27H,6,14,26H2,1-5H3,(H,28,31)/b23-18+,25-22?. The summed E-state index contributed by atoms with van der Waals surface area (Å²) in [5.41, 5.74) is 3.94. The number of aldehydes is 1. The molecule has 2 amide bonds. The van der Waals surface area contributed by atoms with E-state index in [1.165, 1.54) is 7.05 Å². The molecule has 0 saturated carbocycles. The van der Waals surface area contributed by atoms with Crippen molar-refractivity contribution in [3.05, 3.63) is 70.1 Å². The van der Waals surface area contributed by atoms with E-state index in [1.807, 2.05) is 26.0 Å². The van der Waals surface area contributed by atoms with E-state index in [1.54, 1.807) is 38.2 Å². The first-order chi connectivity index (χ1) is 15.7. The maximum atomic E-state index is 12.0. The largest absolute Gasteiger partial charge is 0.489 e. The topological polar surface area (TPSA) is 130 Å². The van der Waals surface area contributed by atoms with Crippen LogP contribution in [0.3, 0.4) is 0 Å². The quantitative estimate of drug-likeness (QED) is 0.0831. The summed E-state index contributed by atoms with van der Waals surface area (Å²) < 4.78 is 11.5. The molecule has 2 aromatic carbocycles. The fourth-order valence-electron chi connectivity index (χ4n) is 3.14. The monoisotopic (exact) mass is 453 g/mol. The van der Waals surface area contributed by atoms with Gasteiger partial charge in [-0.15, -0.1) is 0 Å². The number of urea groups is 1. The van der Waals surface area contributed by atoms with Crippen molar-refractivity contribution in [2.45, 2.75) is 27.4 Å². The van der Waals surface area contributed by atoms with E-state index < -0.39 is 6.03 Å². The van der Waals surface area contributed by atoms with Gasteiger partial charge in [0.1, 0.15) is 12.4 Å². The molecule has 0 unspecified atom stereocenters. The van der Waals surface area contributed by atoms with Gasteiger partial charge in [-0.1, -0.05) is 12.1 Å². The summed E-state index contributed by atoms with van der Waals surface area (Å²) in [5.74, 6) is 6.39. The summed E-state index contributed by atoms with van der Waals surface area (Å²) in [7, 11) is 3.10. The molecule has 0 aliphatic rings. The summed E-state index contributed by atoms with van der Waals surface area (Å²) in [5, 5.41) is 15.0. The van der Waals surface area contributed by atoms with Gasteiger partial charge in [0.15, 0.2) is 12.2 Å². The van der Waals surface area contributed by atoms with Crippen LogP contribution >= 0.6 is 0 Å². The number of nitrogens with two attached hydrogens (primary N) is 1. The van der Waals surface area contributed by atoms with Crippen LogP contribution in [-0.4, -0.2) is 43.7 Å². The van der Waals surface area contributed by atoms with Gasteiger partial charge in [0, 0.05) is 30.9 Å². The van der Waals surface area contributed by atoms with Crippen LogP contribution in [0, 0.1) is 19.3 Å². The lowest BCUT2D eigenvalue weighted by Gasteiger charge is -2.18. The summed E-state index contributed by atoms with van der Waals surface area (Å²) >= 11 is 0. The molecule has 0 fully saturated rings. The number of hydrogen-bond acceptors (Lipinski definition) is 7. The first-order valence-electron chi connectivity index (χ1n) is 10.4. The third kappa shape index (κ3) is 6.33. The molecule has 0 aliphatic heterocycles. The molecule has 0 heterocycles. The Kier molecular flexibility index (Phi) is 8.99. The van der Waals surface area contributed by atoms with Crippen molar-refractivity contribution in [2.75, 3.05) is 26.0 Å². The van der Waals surface area contributed by atoms with E-state index in [0.717, 1.165) is 21.7 Å². The zero-order valence-electron chi connectivity index (χ0n) is 19.6. The minimum Gasteiger partial charge on any atom is -0.489 e. The molecule has 2 rings (SSSR count). The molecule has 0 aliphatic carbocycles. The number of ether oxygens (including phenoxy) is 2. The van der Waals surface area contributed by atoms with E-state index in [2.05, 4.69) is 10.6 Å². The number of carbonyl (C=O) groups is 2. The van der Waals surface area contributed by atoms with Crippen molar-refractivity contribution in [3.63, 3.8) is 0 Å². The highest BCUT2D eigenvalue weighted by Crippen LogP contribution is 2.26. The number of carbonyl (C=O) groups excluding carboxylic acids is 2. The molecule has 0 bridgehead atoms. The van der Waals surface area contributed by atoms with Crippen molar-refractivity contribution in [1.29, 1.82) is 5.41 Å². The molecule has 9 heteroatoms. The van der Waals surface area contributed by atoms with Crippen LogP contribution in [0.15, 0.2) is 47.9 Å². The van der Waals surface area contributed by atoms with Crippen LogP contribution in [0.1, 0.15) is 29.2 Å². The lowest BCUT2D eigenvalue weighted by atomic mass is 10.0. The number of anilines is 1. The second kappa shape index (κ2) is 11.7. The van der Waals surface area contributed by atoms with E-state index >= 15 is 0 Å². The highest BCUT2D eigenvalue weighted by molar-refractivity contribution is 6.21. The molecule has 9 nitrogen and oxygen atoms in total. The van der Waals surface area contributed by atoms with Gasteiger partial charge in [0.05, 0.1) is 17.9 Å². The molecule has 0 atom stereocenters. The molecule has 176 valence electrons. The van der Waals surface area contributed by atoms with Crippen LogP contribution < -0.4 is 21.2 Å². The molecule has 5 N–H and O–H groups in total. The number of aryl methyl sites for hydroxylation is 2. The van der Waals surface area contributed by atoms with Crippen LogP contribution in [0.5, 0.6) is 5.75 Å². The van der Waals surface area contributed by atoms with Gasteiger partial charge in [0.25, 0.3) is 0 Å². The Morgan fingerprint density at radius 1 is 1.21 bits per heavy atom. The Balaban J connectivity index is 2.25.